The summed E-state index contributed by atoms with van der Waals surface area (Å²) < 4.78 is 6.11. The van der Waals surface area contributed by atoms with E-state index < -0.39 is 0 Å². The molecular formula is C13H25NOS. The zero-order chi connectivity index (χ0) is 11.4. The van der Waals surface area contributed by atoms with Crippen molar-refractivity contribution >= 4 is 11.8 Å². The van der Waals surface area contributed by atoms with Crippen LogP contribution in [0.25, 0.3) is 0 Å². The summed E-state index contributed by atoms with van der Waals surface area (Å²) in [5, 5.41) is 0. The Hall–Kier alpha value is 0.270. The molecule has 2 atom stereocenters. The molecule has 94 valence electrons. The van der Waals surface area contributed by atoms with Crippen molar-refractivity contribution in [3.8, 4) is 0 Å². The van der Waals surface area contributed by atoms with Crippen molar-refractivity contribution in [2.45, 2.75) is 44.6 Å². The zero-order valence-electron chi connectivity index (χ0n) is 10.4. The van der Waals surface area contributed by atoms with Gasteiger partial charge in [-0.1, -0.05) is 6.92 Å². The highest BCUT2D eigenvalue weighted by Gasteiger charge is 2.38. The van der Waals surface area contributed by atoms with Crippen LogP contribution in [0, 0.1) is 11.8 Å². The second-order valence-corrected chi connectivity index (χ2v) is 6.80. The Bertz CT molecular complexity index is 210. The Labute approximate surface area is 104 Å². The fraction of sp³-hybridized carbons (Fsp3) is 1.00. The van der Waals surface area contributed by atoms with Crippen LogP contribution in [0.5, 0.6) is 0 Å². The molecule has 0 bridgehead atoms. The first kappa shape index (κ1) is 12.7. The molecule has 2 saturated heterocycles. The first-order valence-electron chi connectivity index (χ1n) is 6.66. The number of hydrogen-bond acceptors (Lipinski definition) is 3. The number of nitrogens with two attached hydrogens (primary N) is 1. The monoisotopic (exact) mass is 243 g/mol. The van der Waals surface area contributed by atoms with E-state index in [-0.39, 0.29) is 5.60 Å². The average Bonchev–Trinajstić information content (AvgIpc) is 2.30. The van der Waals surface area contributed by atoms with Crippen molar-refractivity contribution in [2.75, 3.05) is 24.7 Å². The molecule has 1 spiro atoms. The van der Waals surface area contributed by atoms with E-state index >= 15 is 0 Å². The summed E-state index contributed by atoms with van der Waals surface area (Å²) in [5.74, 6) is 4.12. The lowest BCUT2D eigenvalue weighted by Gasteiger charge is -2.43. The van der Waals surface area contributed by atoms with Crippen LogP contribution in [-0.2, 0) is 4.74 Å². The molecule has 0 radical (unpaired) electrons. The molecule has 0 aromatic heterocycles. The van der Waals surface area contributed by atoms with Gasteiger partial charge in [0.2, 0.25) is 0 Å². The van der Waals surface area contributed by atoms with Gasteiger partial charge in [-0.05, 0) is 62.0 Å². The molecule has 3 heteroatoms. The standard InChI is InChI=1S/C13H25NOS/c1-11(10-14)8-12-2-5-15-13(9-12)3-6-16-7-4-13/h11-12H,2-10,14H2,1H3. The molecule has 2 unspecified atom stereocenters. The van der Waals surface area contributed by atoms with Gasteiger partial charge in [0, 0.05) is 6.61 Å². The molecule has 2 aliphatic heterocycles. The highest BCUT2D eigenvalue weighted by molar-refractivity contribution is 7.99. The van der Waals surface area contributed by atoms with Gasteiger partial charge >= 0.3 is 0 Å². The quantitative estimate of drug-likeness (QED) is 0.827. The average molecular weight is 243 g/mol. The molecule has 2 N–H and O–H groups in total. The van der Waals surface area contributed by atoms with E-state index in [0.29, 0.717) is 5.92 Å². The van der Waals surface area contributed by atoms with Crippen LogP contribution in [0.3, 0.4) is 0 Å². The lowest BCUT2D eigenvalue weighted by atomic mass is 9.78. The van der Waals surface area contributed by atoms with Crippen LogP contribution < -0.4 is 5.73 Å². The molecule has 0 amide bonds. The minimum atomic E-state index is 0.252. The first-order valence-corrected chi connectivity index (χ1v) is 7.81. The minimum Gasteiger partial charge on any atom is -0.375 e. The number of hydrogen-bond donors (Lipinski definition) is 1. The van der Waals surface area contributed by atoms with E-state index in [2.05, 4.69) is 18.7 Å². The fourth-order valence-electron chi connectivity index (χ4n) is 3.09. The van der Waals surface area contributed by atoms with Crippen molar-refractivity contribution in [2.24, 2.45) is 17.6 Å². The molecule has 16 heavy (non-hydrogen) atoms. The predicted molar refractivity (Wildman–Crippen MR) is 70.8 cm³/mol. The summed E-state index contributed by atoms with van der Waals surface area (Å²) >= 11 is 2.08. The molecule has 0 aromatic carbocycles. The maximum Gasteiger partial charge on any atom is 0.0700 e. The van der Waals surface area contributed by atoms with Crippen molar-refractivity contribution in [1.82, 2.24) is 0 Å². The first-order chi connectivity index (χ1) is 7.74. The van der Waals surface area contributed by atoms with Gasteiger partial charge in [-0.25, -0.2) is 0 Å². The predicted octanol–water partition coefficient (Wildman–Crippen LogP) is 2.66. The molecule has 2 fully saturated rings. The van der Waals surface area contributed by atoms with Crippen LogP contribution >= 0.6 is 11.8 Å². The number of rotatable bonds is 3. The summed E-state index contributed by atoms with van der Waals surface area (Å²) in [6.45, 7) is 4.09. The van der Waals surface area contributed by atoms with Crippen molar-refractivity contribution in [3.05, 3.63) is 0 Å². The van der Waals surface area contributed by atoms with Crippen molar-refractivity contribution < 1.29 is 4.74 Å². The van der Waals surface area contributed by atoms with Crippen molar-refractivity contribution in [1.29, 1.82) is 0 Å². The van der Waals surface area contributed by atoms with Gasteiger partial charge in [0.25, 0.3) is 0 Å². The maximum absolute atomic E-state index is 6.11. The Morgan fingerprint density at radius 1 is 1.44 bits per heavy atom. The van der Waals surface area contributed by atoms with E-state index in [1.165, 1.54) is 43.6 Å². The van der Waals surface area contributed by atoms with Gasteiger partial charge in [0.1, 0.15) is 0 Å². The highest BCUT2D eigenvalue weighted by atomic mass is 32.2. The molecule has 0 aliphatic carbocycles. The van der Waals surface area contributed by atoms with Gasteiger partial charge in [-0.2, -0.15) is 11.8 Å². The van der Waals surface area contributed by atoms with Gasteiger partial charge in [0.15, 0.2) is 0 Å². The lowest BCUT2D eigenvalue weighted by molar-refractivity contribution is -0.104. The Morgan fingerprint density at radius 2 is 2.19 bits per heavy atom. The summed E-state index contributed by atoms with van der Waals surface area (Å²) in [6.07, 6.45) is 6.38. The van der Waals surface area contributed by atoms with E-state index in [0.717, 1.165) is 19.1 Å². The minimum absolute atomic E-state index is 0.252. The molecule has 2 heterocycles. The maximum atomic E-state index is 6.11. The van der Waals surface area contributed by atoms with E-state index in [4.69, 9.17) is 10.5 Å². The third-order valence-corrected chi connectivity index (χ3v) is 5.12. The second-order valence-electron chi connectivity index (χ2n) is 5.58. The van der Waals surface area contributed by atoms with Crippen LogP contribution in [-0.4, -0.2) is 30.3 Å². The Morgan fingerprint density at radius 3 is 2.88 bits per heavy atom. The molecule has 0 saturated carbocycles. The summed E-state index contributed by atoms with van der Waals surface area (Å²) in [7, 11) is 0. The van der Waals surface area contributed by atoms with E-state index in [9.17, 15) is 0 Å². The van der Waals surface area contributed by atoms with Gasteiger partial charge in [-0.3, -0.25) is 0 Å². The van der Waals surface area contributed by atoms with Gasteiger partial charge in [0.05, 0.1) is 5.60 Å². The summed E-state index contributed by atoms with van der Waals surface area (Å²) in [5.41, 5.74) is 5.98. The third-order valence-electron chi connectivity index (χ3n) is 4.14. The molecule has 2 nitrogen and oxygen atoms in total. The molecular weight excluding hydrogens is 218 g/mol. The highest BCUT2D eigenvalue weighted by Crippen LogP contribution is 2.41. The smallest absolute Gasteiger partial charge is 0.0700 e. The van der Waals surface area contributed by atoms with Gasteiger partial charge in [-0.15, -0.1) is 0 Å². The topological polar surface area (TPSA) is 35.2 Å². The largest absolute Gasteiger partial charge is 0.375 e. The van der Waals surface area contributed by atoms with Crippen LogP contribution in [0.4, 0.5) is 0 Å². The summed E-state index contributed by atoms with van der Waals surface area (Å²) in [4.78, 5) is 0. The molecule has 2 rings (SSSR count). The normalized spacial score (nSPS) is 31.5. The number of ether oxygens (including phenoxy) is 1. The van der Waals surface area contributed by atoms with Crippen LogP contribution in [0.1, 0.15) is 39.0 Å². The molecule has 2 aliphatic rings. The fourth-order valence-corrected chi connectivity index (χ4v) is 4.32. The summed E-state index contributed by atoms with van der Waals surface area (Å²) in [6, 6.07) is 0. The van der Waals surface area contributed by atoms with Crippen LogP contribution in [0.2, 0.25) is 0 Å². The Balaban J connectivity index is 1.87. The van der Waals surface area contributed by atoms with Crippen LogP contribution in [0.15, 0.2) is 0 Å². The second kappa shape index (κ2) is 5.74. The third kappa shape index (κ3) is 3.14. The van der Waals surface area contributed by atoms with E-state index in [1.807, 2.05) is 0 Å². The zero-order valence-corrected chi connectivity index (χ0v) is 11.2. The van der Waals surface area contributed by atoms with Gasteiger partial charge < -0.3 is 10.5 Å². The molecule has 0 aromatic rings. The van der Waals surface area contributed by atoms with Crippen molar-refractivity contribution in [3.63, 3.8) is 0 Å². The Kier molecular flexibility index (Phi) is 4.57. The lowest BCUT2D eigenvalue weighted by Crippen LogP contribution is -2.43. The number of thioether (sulfide) groups is 1. The SMILES string of the molecule is CC(CN)CC1CCOC2(CCSCC2)C1. The van der Waals surface area contributed by atoms with E-state index in [1.54, 1.807) is 0 Å².